The van der Waals surface area contributed by atoms with Gasteiger partial charge in [0, 0.05) is 0 Å². The highest BCUT2D eigenvalue weighted by Gasteiger charge is 2.42. The summed E-state index contributed by atoms with van der Waals surface area (Å²) < 4.78 is 9.61. The van der Waals surface area contributed by atoms with E-state index in [4.69, 9.17) is 4.74 Å². The van der Waals surface area contributed by atoms with Crippen LogP contribution in [0.5, 0.6) is 0 Å². The van der Waals surface area contributed by atoms with Gasteiger partial charge < -0.3 is 9.47 Å². The topological polar surface area (TPSA) is 52.6 Å². The van der Waals surface area contributed by atoms with Gasteiger partial charge in [0.2, 0.25) is 0 Å². The Kier molecular flexibility index (Phi) is 2.90. The van der Waals surface area contributed by atoms with Crippen LogP contribution in [0.1, 0.15) is 20.3 Å². The van der Waals surface area contributed by atoms with Crippen molar-refractivity contribution in [2.45, 2.75) is 26.4 Å². The van der Waals surface area contributed by atoms with Crippen molar-refractivity contribution in [3.05, 3.63) is 0 Å². The number of cyclic esters (lactones) is 1. The van der Waals surface area contributed by atoms with E-state index in [9.17, 15) is 9.59 Å². The van der Waals surface area contributed by atoms with Crippen LogP contribution in [-0.2, 0) is 19.1 Å². The fourth-order valence-corrected chi connectivity index (χ4v) is 1.55. The molecule has 0 aromatic carbocycles. The van der Waals surface area contributed by atoms with Crippen LogP contribution in [-0.4, -0.2) is 25.2 Å². The predicted octanol–water partition coefficient (Wildman–Crippen LogP) is 0.747. The standard InChI is InChI=1S/C9H14O4/c1-5(2)8-6(9(11)12-3)4-7(10)13-8/h5-6,8H,4H2,1-3H3/t6-,8-/m1/s1. The van der Waals surface area contributed by atoms with Gasteiger partial charge in [0.1, 0.15) is 12.0 Å². The van der Waals surface area contributed by atoms with Crippen LogP contribution >= 0.6 is 0 Å². The van der Waals surface area contributed by atoms with Crippen LogP contribution in [0.4, 0.5) is 0 Å². The molecule has 1 rings (SSSR count). The smallest absolute Gasteiger partial charge is 0.313 e. The summed E-state index contributed by atoms with van der Waals surface area (Å²) in [5.41, 5.74) is 0. The van der Waals surface area contributed by atoms with Gasteiger partial charge in [-0.25, -0.2) is 0 Å². The Bertz CT molecular complexity index is 222. The zero-order valence-corrected chi connectivity index (χ0v) is 8.07. The second-order valence-corrected chi connectivity index (χ2v) is 3.53. The SMILES string of the molecule is COC(=O)[C@@H]1CC(=O)O[C@@H]1C(C)C. The number of carbonyl (C=O) groups excluding carboxylic acids is 2. The fraction of sp³-hybridized carbons (Fsp3) is 0.778. The number of carbonyl (C=O) groups is 2. The number of methoxy groups -OCH3 is 1. The van der Waals surface area contributed by atoms with E-state index in [0.717, 1.165) is 0 Å². The van der Waals surface area contributed by atoms with Gasteiger partial charge in [0.25, 0.3) is 0 Å². The quantitative estimate of drug-likeness (QED) is 0.597. The molecule has 74 valence electrons. The summed E-state index contributed by atoms with van der Waals surface area (Å²) in [4.78, 5) is 22.2. The number of rotatable bonds is 2. The van der Waals surface area contributed by atoms with Gasteiger partial charge in [-0.2, -0.15) is 0 Å². The van der Waals surface area contributed by atoms with Gasteiger partial charge in [-0.05, 0) is 5.92 Å². The van der Waals surface area contributed by atoms with Crippen LogP contribution in [0.15, 0.2) is 0 Å². The minimum absolute atomic E-state index is 0.148. The molecule has 1 fully saturated rings. The molecule has 1 heterocycles. The summed E-state index contributed by atoms with van der Waals surface area (Å²) >= 11 is 0. The number of esters is 2. The maximum atomic E-state index is 11.2. The van der Waals surface area contributed by atoms with Crippen molar-refractivity contribution in [2.24, 2.45) is 11.8 Å². The summed E-state index contributed by atoms with van der Waals surface area (Å²) in [6.07, 6.45) is -0.171. The third-order valence-corrected chi connectivity index (χ3v) is 2.21. The van der Waals surface area contributed by atoms with Crippen LogP contribution in [0, 0.1) is 11.8 Å². The molecule has 0 aromatic rings. The third-order valence-electron chi connectivity index (χ3n) is 2.21. The van der Waals surface area contributed by atoms with Crippen molar-refractivity contribution in [1.82, 2.24) is 0 Å². The van der Waals surface area contributed by atoms with E-state index in [0.29, 0.717) is 0 Å². The lowest BCUT2D eigenvalue weighted by Crippen LogP contribution is -2.29. The molecule has 0 aromatic heterocycles. The van der Waals surface area contributed by atoms with Gasteiger partial charge in [-0.15, -0.1) is 0 Å². The van der Waals surface area contributed by atoms with Crippen molar-refractivity contribution in [2.75, 3.05) is 7.11 Å². The molecule has 0 saturated carbocycles. The summed E-state index contributed by atoms with van der Waals surface area (Å²) in [5, 5.41) is 0. The van der Waals surface area contributed by atoms with Crippen molar-refractivity contribution in [3.63, 3.8) is 0 Å². The highest BCUT2D eigenvalue weighted by molar-refractivity contribution is 5.83. The van der Waals surface area contributed by atoms with E-state index in [1.165, 1.54) is 7.11 Å². The molecule has 0 amide bonds. The minimum atomic E-state index is -0.419. The van der Waals surface area contributed by atoms with Crippen molar-refractivity contribution < 1.29 is 19.1 Å². The van der Waals surface area contributed by atoms with Crippen LogP contribution < -0.4 is 0 Å². The van der Waals surface area contributed by atoms with Gasteiger partial charge in [0.05, 0.1) is 13.5 Å². The van der Waals surface area contributed by atoms with E-state index in [1.807, 2.05) is 13.8 Å². The van der Waals surface area contributed by atoms with Crippen LogP contribution in [0.2, 0.25) is 0 Å². The molecule has 1 aliphatic heterocycles. The second-order valence-electron chi connectivity index (χ2n) is 3.53. The van der Waals surface area contributed by atoms with Crippen molar-refractivity contribution >= 4 is 11.9 Å². The third kappa shape index (κ3) is 1.99. The minimum Gasteiger partial charge on any atom is -0.469 e. The van der Waals surface area contributed by atoms with Gasteiger partial charge >= 0.3 is 11.9 Å². The molecule has 0 radical (unpaired) electrons. The zero-order chi connectivity index (χ0) is 10.0. The highest BCUT2D eigenvalue weighted by Crippen LogP contribution is 2.28. The maximum absolute atomic E-state index is 11.2. The molecule has 1 aliphatic rings. The molecule has 0 bridgehead atoms. The number of hydrogen-bond acceptors (Lipinski definition) is 4. The number of hydrogen-bond donors (Lipinski definition) is 0. The monoisotopic (exact) mass is 186 g/mol. The predicted molar refractivity (Wildman–Crippen MR) is 44.8 cm³/mol. The normalized spacial score (nSPS) is 27.5. The first-order valence-corrected chi connectivity index (χ1v) is 4.33. The molecule has 4 heteroatoms. The molecular formula is C9H14O4. The molecular weight excluding hydrogens is 172 g/mol. The molecule has 13 heavy (non-hydrogen) atoms. The zero-order valence-electron chi connectivity index (χ0n) is 8.07. The Morgan fingerprint density at radius 1 is 1.62 bits per heavy atom. The first-order chi connectivity index (χ1) is 6.06. The first kappa shape index (κ1) is 10.0. The molecule has 4 nitrogen and oxygen atoms in total. The molecule has 1 saturated heterocycles. The van der Waals surface area contributed by atoms with E-state index in [2.05, 4.69) is 4.74 Å². The average Bonchev–Trinajstić information content (AvgIpc) is 2.46. The number of ether oxygens (including phenoxy) is 2. The van der Waals surface area contributed by atoms with Crippen molar-refractivity contribution in [3.8, 4) is 0 Å². The molecule has 0 unspecified atom stereocenters. The summed E-state index contributed by atoms with van der Waals surface area (Å²) in [7, 11) is 1.32. The first-order valence-electron chi connectivity index (χ1n) is 4.33. The van der Waals surface area contributed by atoms with E-state index >= 15 is 0 Å². The molecule has 0 spiro atoms. The Hall–Kier alpha value is -1.06. The lowest BCUT2D eigenvalue weighted by Gasteiger charge is -2.18. The lowest BCUT2D eigenvalue weighted by molar-refractivity contribution is -0.149. The largest absolute Gasteiger partial charge is 0.469 e. The fourth-order valence-electron chi connectivity index (χ4n) is 1.55. The van der Waals surface area contributed by atoms with E-state index in [1.54, 1.807) is 0 Å². The van der Waals surface area contributed by atoms with Gasteiger partial charge in [-0.3, -0.25) is 9.59 Å². The van der Waals surface area contributed by atoms with Gasteiger partial charge in [0.15, 0.2) is 0 Å². The van der Waals surface area contributed by atoms with Crippen molar-refractivity contribution in [1.29, 1.82) is 0 Å². The average molecular weight is 186 g/mol. The summed E-state index contributed by atoms with van der Waals surface area (Å²) in [6.45, 7) is 3.83. The Morgan fingerprint density at radius 3 is 2.69 bits per heavy atom. The molecule has 0 aliphatic carbocycles. The Labute approximate surface area is 77.2 Å². The van der Waals surface area contributed by atoms with E-state index in [-0.39, 0.29) is 30.4 Å². The Morgan fingerprint density at radius 2 is 2.23 bits per heavy atom. The summed E-state index contributed by atoms with van der Waals surface area (Å²) in [5.74, 6) is -0.938. The maximum Gasteiger partial charge on any atom is 0.313 e. The van der Waals surface area contributed by atoms with E-state index < -0.39 is 5.92 Å². The van der Waals surface area contributed by atoms with Gasteiger partial charge in [-0.1, -0.05) is 13.8 Å². The molecule has 0 N–H and O–H groups in total. The second kappa shape index (κ2) is 3.77. The van der Waals surface area contributed by atoms with Crippen LogP contribution in [0.25, 0.3) is 0 Å². The summed E-state index contributed by atoms with van der Waals surface area (Å²) in [6, 6.07) is 0. The highest BCUT2D eigenvalue weighted by atomic mass is 16.6. The van der Waals surface area contributed by atoms with Crippen LogP contribution in [0.3, 0.4) is 0 Å². The Balaban J connectivity index is 2.71. The molecule has 2 atom stereocenters. The lowest BCUT2D eigenvalue weighted by atomic mass is 9.93.